The van der Waals surface area contributed by atoms with Crippen LogP contribution < -0.4 is 0 Å². The monoisotopic (exact) mass is 351 g/mol. The number of rotatable bonds is 5. The number of aromatic nitrogens is 2. The molecular formula is C22H29N3O. The van der Waals surface area contributed by atoms with Crippen LogP contribution in [0.2, 0.25) is 0 Å². The van der Waals surface area contributed by atoms with E-state index in [1.54, 1.807) is 0 Å². The van der Waals surface area contributed by atoms with E-state index in [9.17, 15) is 0 Å². The molecule has 0 saturated heterocycles. The van der Waals surface area contributed by atoms with Gasteiger partial charge in [-0.15, -0.1) is 10.2 Å². The van der Waals surface area contributed by atoms with Gasteiger partial charge in [0.1, 0.15) is 0 Å². The van der Waals surface area contributed by atoms with Crippen molar-refractivity contribution in [1.82, 2.24) is 15.1 Å². The third-order valence-electron chi connectivity index (χ3n) is 7.23. The molecule has 6 rings (SSSR count). The van der Waals surface area contributed by atoms with E-state index in [1.165, 1.54) is 45.1 Å². The van der Waals surface area contributed by atoms with Gasteiger partial charge in [0.15, 0.2) is 0 Å². The summed E-state index contributed by atoms with van der Waals surface area (Å²) in [5.41, 5.74) is 1.53. The molecule has 4 fully saturated rings. The average Bonchev–Trinajstić information content (AvgIpc) is 3.10. The summed E-state index contributed by atoms with van der Waals surface area (Å²) >= 11 is 0. The fraction of sp³-hybridized carbons (Fsp3) is 0.636. The highest BCUT2D eigenvalue weighted by molar-refractivity contribution is 5.51. The predicted octanol–water partition coefficient (Wildman–Crippen LogP) is 4.95. The zero-order valence-corrected chi connectivity index (χ0v) is 15.9. The number of hydrogen-bond donors (Lipinski definition) is 0. The van der Waals surface area contributed by atoms with Gasteiger partial charge in [0.05, 0.1) is 6.04 Å². The maximum absolute atomic E-state index is 6.01. The molecule has 4 bridgehead atoms. The lowest BCUT2D eigenvalue weighted by atomic mass is 9.49. The second-order valence-electron chi connectivity index (χ2n) is 9.32. The van der Waals surface area contributed by atoms with Gasteiger partial charge in [-0.2, -0.15) is 0 Å². The fourth-order valence-corrected chi connectivity index (χ4v) is 6.44. The van der Waals surface area contributed by atoms with Gasteiger partial charge >= 0.3 is 0 Å². The first-order chi connectivity index (χ1) is 12.6. The molecule has 1 heterocycles. The lowest BCUT2D eigenvalue weighted by Gasteiger charge is -2.58. The standard InChI is InChI=1S/C22H29N3O/c1-15(20-23-24-21(26-20)19-6-4-3-5-7-19)25(2)14-22-11-16-8-17(12-22)10-18(9-16)13-22/h3-7,15-18H,8-14H2,1-2H3/t15-,16?,17?,18?,22?/m0/s1. The van der Waals surface area contributed by atoms with Crippen molar-refractivity contribution in [2.45, 2.75) is 51.5 Å². The summed E-state index contributed by atoms with van der Waals surface area (Å²) < 4.78 is 6.01. The van der Waals surface area contributed by atoms with Crippen LogP contribution >= 0.6 is 0 Å². The highest BCUT2D eigenvalue weighted by Gasteiger charge is 2.51. The normalized spacial score (nSPS) is 33.7. The Balaban J connectivity index is 1.30. The molecule has 1 aromatic heterocycles. The van der Waals surface area contributed by atoms with Crippen molar-refractivity contribution in [3.8, 4) is 11.5 Å². The van der Waals surface area contributed by atoms with Gasteiger partial charge < -0.3 is 4.42 Å². The van der Waals surface area contributed by atoms with Crippen molar-refractivity contribution in [3.05, 3.63) is 36.2 Å². The number of hydrogen-bond acceptors (Lipinski definition) is 4. The van der Waals surface area contributed by atoms with Crippen LogP contribution in [0.4, 0.5) is 0 Å². The third kappa shape index (κ3) is 2.88. The quantitative estimate of drug-likeness (QED) is 0.765. The van der Waals surface area contributed by atoms with Crippen LogP contribution in [0.3, 0.4) is 0 Å². The van der Waals surface area contributed by atoms with Gasteiger partial charge in [-0.25, -0.2) is 0 Å². The summed E-state index contributed by atoms with van der Waals surface area (Å²) in [7, 11) is 2.23. The van der Waals surface area contributed by atoms with E-state index in [-0.39, 0.29) is 6.04 Å². The SMILES string of the molecule is C[C@@H](c1nnc(-c2ccccc2)o1)N(C)CC12CC3CC(CC(C3)C1)C2. The van der Waals surface area contributed by atoms with Crippen molar-refractivity contribution < 1.29 is 4.42 Å². The van der Waals surface area contributed by atoms with Crippen molar-refractivity contribution >= 4 is 0 Å². The molecular weight excluding hydrogens is 322 g/mol. The van der Waals surface area contributed by atoms with Gasteiger partial charge in [0, 0.05) is 12.1 Å². The first-order valence-corrected chi connectivity index (χ1v) is 10.2. The summed E-state index contributed by atoms with van der Waals surface area (Å²) in [5, 5.41) is 8.62. The van der Waals surface area contributed by atoms with Crippen LogP contribution in [0.1, 0.15) is 57.4 Å². The van der Waals surface area contributed by atoms with Gasteiger partial charge in [0.25, 0.3) is 0 Å². The maximum atomic E-state index is 6.01. The molecule has 4 saturated carbocycles. The molecule has 0 aliphatic heterocycles. The van der Waals surface area contributed by atoms with E-state index in [0.29, 0.717) is 11.3 Å². The second-order valence-corrected chi connectivity index (χ2v) is 9.32. The Bertz CT molecular complexity index is 733. The van der Waals surface area contributed by atoms with Crippen LogP contribution in [-0.2, 0) is 0 Å². The molecule has 4 aliphatic rings. The highest BCUT2D eigenvalue weighted by Crippen LogP contribution is 2.60. The zero-order chi connectivity index (χ0) is 17.7. The minimum Gasteiger partial charge on any atom is -0.419 e. The van der Waals surface area contributed by atoms with E-state index in [1.807, 2.05) is 30.3 Å². The highest BCUT2D eigenvalue weighted by atomic mass is 16.4. The van der Waals surface area contributed by atoms with E-state index in [2.05, 4.69) is 29.1 Å². The van der Waals surface area contributed by atoms with Crippen molar-refractivity contribution in [3.63, 3.8) is 0 Å². The summed E-state index contributed by atoms with van der Waals surface area (Å²) in [6, 6.07) is 10.2. The molecule has 0 N–H and O–H groups in total. The van der Waals surface area contributed by atoms with Crippen LogP contribution in [0.5, 0.6) is 0 Å². The molecule has 1 aromatic carbocycles. The van der Waals surface area contributed by atoms with E-state index < -0.39 is 0 Å². The van der Waals surface area contributed by atoms with Crippen LogP contribution in [0.15, 0.2) is 34.7 Å². The molecule has 0 unspecified atom stereocenters. The summed E-state index contributed by atoms with van der Waals surface area (Å²) in [5.74, 6) is 4.35. The van der Waals surface area contributed by atoms with Gasteiger partial charge in [-0.1, -0.05) is 18.2 Å². The fourth-order valence-electron chi connectivity index (χ4n) is 6.44. The Labute approximate surface area is 156 Å². The molecule has 4 nitrogen and oxygen atoms in total. The van der Waals surface area contributed by atoms with Gasteiger partial charge in [0.2, 0.25) is 11.8 Å². The molecule has 0 spiro atoms. The number of nitrogens with zero attached hydrogens (tertiary/aromatic N) is 3. The van der Waals surface area contributed by atoms with Crippen LogP contribution in [0, 0.1) is 23.2 Å². The third-order valence-corrected chi connectivity index (χ3v) is 7.23. The lowest BCUT2D eigenvalue weighted by molar-refractivity contribution is -0.0711. The second kappa shape index (κ2) is 6.19. The molecule has 1 atom stereocenters. The Morgan fingerprint density at radius 3 is 2.27 bits per heavy atom. The Morgan fingerprint density at radius 1 is 1.04 bits per heavy atom. The molecule has 0 amide bonds. The van der Waals surface area contributed by atoms with Gasteiger partial charge in [-0.3, -0.25) is 4.90 Å². The van der Waals surface area contributed by atoms with Crippen LogP contribution in [0.25, 0.3) is 11.5 Å². The zero-order valence-electron chi connectivity index (χ0n) is 15.9. The molecule has 26 heavy (non-hydrogen) atoms. The Hall–Kier alpha value is -1.68. The van der Waals surface area contributed by atoms with Crippen LogP contribution in [-0.4, -0.2) is 28.7 Å². The van der Waals surface area contributed by atoms with E-state index in [4.69, 9.17) is 4.42 Å². The predicted molar refractivity (Wildman–Crippen MR) is 101 cm³/mol. The summed E-state index contributed by atoms with van der Waals surface area (Å²) in [6.45, 7) is 3.36. The summed E-state index contributed by atoms with van der Waals surface area (Å²) in [6.07, 6.45) is 8.83. The Morgan fingerprint density at radius 2 is 1.65 bits per heavy atom. The first kappa shape index (κ1) is 16.5. The number of benzene rings is 1. The largest absolute Gasteiger partial charge is 0.419 e. The molecule has 4 aliphatic carbocycles. The molecule has 138 valence electrons. The molecule has 4 heteroatoms. The van der Waals surface area contributed by atoms with Crippen molar-refractivity contribution in [2.75, 3.05) is 13.6 Å². The van der Waals surface area contributed by atoms with E-state index in [0.717, 1.165) is 29.2 Å². The average molecular weight is 351 g/mol. The van der Waals surface area contributed by atoms with Gasteiger partial charge in [-0.05, 0) is 87.8 Å². The maximum Gasteiger partial charge on any atom is 0.247 e. The first-order valence-electron chi connectivity index (χ1n) is 10.2. The summed E-state index contributed by atoms with van der Waals surface area (Å²) in [4.78, 5) is 2.45. The van der Waals surface area contributed by atoms with Crippen molar-refractivity contribution in [1.29, 1.82) is 0 Å². The van der Waals surface area contributed by atoms with E-state index >= 15 is 0 Å². The van der Waals surface area contributed by atoms with Crippen molar-refractivity contribution in [2.24, 2.45) is 23.2 Å². The minimum atomic E-state index is 0.160. The smallest absolute Gasteiger partial charge is 0.247 e. The Kier molecular flexibility index (Phi) is 3.93. The molecule has 2 aromatic rings. The topological polar surface area (TPSA) is 42.2 Å². The molecule has 0 radical (unpaired) electrons. The minimum absolute atomic E-state index is 0.160. The lowest BCUT2D eigenvalue weighted by Crippen LogP contribution is -2.50.